The number of benzene rings is 1. The fraction of sp³-hybridized carbons (Fsp3) is 0.571. The highest BCUT2D eigenvalue weighted by Crippen LogP contribution is 2.39. The van der Waals surface area contributed by atoms with Crippen LogP contribution in [0.2, 0.25) is 0 Å². The first-order valence-electron chi connectivity index (χ1n) is 6.12. The van der Waals surface area contributed by atoms with Crippen molar-refractivity contribution >= 4 is 0 Å². The van der Waals surface area contributed by atoms with Crippen LogP contribution in [0.4, 0.5) is 0 Å². The Hall–Kier alpha value is -1.02. The van der Waals surface area contributed by atoms with E-state index in [1.807, 2.05) is 26.0 Å². The van der Waals surface area contributed by atoms with Gasteiger partial charge in [-0.1, -0.05) is 19.3 Å². The molecule has 1 fully saturated rings. The second-order valence-electron chi connectivity index (χ2n) is 5.17. The topological polar surface area (TPSA) is 46.2 Å². The van der Waals surface area contributed by atoms with Gasteiger partial charge in [0.1, 0.15) is 5.75 Å². The minimum Gasteiger partial charge on any atom is -0.508 e. The van der Waals surface area contributed by atoms with E-state index in [4.69, 9.17) is 5.73 Å². The van der Waals surface area contributed by atoms with Gasteiger partial charge in [-0.2, -0.15) is 0 Å². The summed E-state index contributed by atoms with van der Waals surface area (Å²) in [4.78, 5) is 0. The van der Waals surface area contributed by atoms with E-state index in [9.17, 15) is 5.11 Å². The maximum absolute atomic E-state index is 9.56. The summed E-state index contributed by atoms with van der Waals surface area (Å²) in [5, 5.41) is 9.56. The molecule has 2 heteroatoms. The maximum Gasteiger partial charge on any atom is 0.116 e. The summed E-state index contributed by atoms with van der Waals surface area (Å²) in [5.41, 5.74) is 9.89. The van der Waals surface area contributed by atoms with E-state index in [-0.39, 0.29) is 5.54 Å². The summed E-state index contributed by atoms with van der Waals surface area (Å²) in [6, 6.07) is 3.65. The summed E-state index contributed by atoms with van der Waals surface area (Å²) in [7, 11) is 0. The lowest BCUT2D eigenvalue weighted by Gasteiger charge is -2.36. The van der Waals surface area contributed by atoms with Crippen molar-refractivity contribution in [3.05, 3.63) is 28.8 Å². The van der Waals surface area contributed by atoms with Gasteiger partial charge >= 0.3 is 0 Å². The second-order valence-corrected chi connectivity index (χ2v) is 5.17. The van der Waals surface area contributed by atoms with Gasteiger partial charge in [0.15, 0.2) is 0 Å². The van der Waals surface area contributed by atoms with Crippen LogP contribution in [0.3, 0.4) is 0 Å². The van der Waals surface area contributed by atoms with E-state index < -0.39 is 0 Å². The summed E-state index contributed by atoms with van der Waals surface area (Å²) in [6.45, 7) is 4.09. The quantitative estimate of drug-likeness (QED) is 0.762. The molecule has 1 aliphatic rings. The van der Waals surface area contributed by atoms with Gasteiger partial charge < -0.3 is 10.8 Å². The van der Waals surface area contributed by atoms with Crippen LogP contribution < -0.4 is 5.73 Å². The zero-order chi connectivity index (χ0) is 11.8. The summed E-state index contributed by atoms with van der Waals surface area (Å²) in [5.74, 6) is 0.346. The first kappa shape index (κ1) is 11.5. The molecule has 0 spiro atoms. The SMILES string of the molecule is Cc1cc(O)cc(C)c1C1(N)CCCCC1. The van der Waals surface area contributed by atoms with Crippen molar-refractivity contribution in [2.24, 2.45) is 5.73 Å². The molecule has 16 heavy (non-hydrogen) atoms. The van der Waals surface area contributed by atoms with Crippen LogP contribution in [-0.2, 0) is 5.54 Å². The monoisotopic (exact) mass is 219 g/mol. The normalized spacial score (nSPS) is 19.7. The van der Waals surface area contributed by atoms with Gasteiger partial charge in [-0.3, -0.25) is 0 Å². The molecular formula is C14H21NO. The van der Waals surface area contributed by atoms with Crippen molar-refractivity contribution in [2.75, 3.05) is 0 Å². The number of rotatable bonds is 1. The highest BCUT2D eigenvalue weighted by atomic mass is 16.3. The third-order valence-electron chi connectivity index (χ3n) is 3.76. The number of aromatic hydroxyl groups is 1. The van der Waals surface area contributed by atoms with Crippen LogP contribution in [0.5, 0.6) is 5.75 Å². The van der Waals surface area contributed by atoms with Crippen molar-refractivity contribution in [3.8, 4) is 5.75 Å². The second kappa shape index (κ2) is 4.10. The van der Waals surface area contributed by atoms with Gasteiger partial charge in [-0.05, 0) is 55.5 Å². The molecule has 0 radical (unpaired) electrons. The van der Waals surface area contributed by atoms with Crippen molar-refractivity contribution in [1.82, 2.24) is 0 Å². The van der Waals surface area contributed by atoms with Crippen LogP contribution in [0, 0.1) is 13.8 Å². The van der Waals surface area contributed by atoms with Gasteiger partial charge in [0.05, 0.1) is 0 Å². The molecule has 1 aromatic rings. The van der Waals surface area contributed by atoms with E-state index in [0.29, 0.717) is 5.75 Å². The van der Waals surface area contributed by atoms with Gasteiger partial charge in [0, 0.05) is 5.54 Å². The minimum atomic E-state index is -0.167. The number of phenols is 1. The molecule has 1 aliphatic carbocycles. The van der Waals surface area contributed by atoms with Crippen LogP contribution in [0.15, 0.2) is 12.1 Å². The van der Waals surface area contributed by atoms with Crippen LogP contribution >= 0.6 is 0 Å². The number of hydrogen-bond acceptors (Lipinski definition) is 2. The molecule has 0 unspecified atom stereocenters. The zero-order valence-corrected chi connectivity index (χ0v) is 10.2. The van der Waals surface area contributed by atoms with E-state index in [0.717, 1.165) is 24.0 Å². The Bertz CT molecular complexity index is 369. The molecule has 0 saturated heterocycles. The molecule has 2 rings (SSSR count). The predicted octanol–water partition coefficient (Wildman–Crippen LogP) is 3.13. The molecule has 88 valence electrons. The number of aryl methyl sites for hydroxylation is 2. The molecule has 0 aromatic heterocycles. The largest absolute Gasteiger partial charge is 0.508 e. The Morgan fingerprint density at radius 3 is 2.06 bits per heavy atom. The van der Waals surface area contributed by atoms with Crippen molar-refractivity contribution in [1.29, 1.82) is 0 Å². The summed E-state index contributed by atoms with van der Waals surface area (Å²) >= 11 is 0. The zero-order valence-electron chi connectivity index (χ0n) is 10.2. The van der Waals surface area contributed by atoms with Crippen LogP contribution in [-0.4, -0.2) is 5.11 Å². The lowest BCUT2D eigenvalue weighted by Crippen LogP contribution is -2.39. The van der Waals surface area contributed by atoms with Crippen LogP contribution in [0.1, 0.15) is 48.8 Å². The third kappa shape index (κ3) is 1.94. The lowest BCUT2D eigenvalue weighted by molar-refractivity contribution is 0.299. The van der Waals surface area contributed by atoms with Gasteiger partial charge in [0.25, 0.3) is 0 Å². The molecule has 2 nitrogen and oxygen atoms in total. The Morgan fingerprint density at radius 1 is 1.06 bits per heavy atom. The number of phenolic OH excluding ortho intramolecular Hbond substituents is 1. The maximum atomic E-state index is 9.56. The van der Waals surface area contributed by atoms with Gasteiger partial charge in [-0.25, -0.2) is 0 Å². The van der Waals surface area contributed by atoms with Gasteiger partial charge in [0.2, 0.25) is 0 Å². The van der Waals surface area contributed by atoms with Crippen LogP contribution in [0.25, 0.3) is 0 Å². The lowest BCUT2D eigenvalue weighted by atomic mass is 9.74. The average molecular weight is 219 g/mol. The Morgan fingerprint density at radius 2 is 1.56 bits per heavy atom. The average Bonchev–Trinajstić information content (AvgIpc) is 2.16. The molecule has 0 amide bonds. The fourth-order valence-corrected chi connectivity index (χ4v) is 3.16. The molecule has 1 saturated carbocycles. The summed E-state index contributed by atoms with van der Waals surface area (Å²) < 4.78 is 0. The smallest absolute Gasteiger partial charge is 0.116 e. The molecule has 0 atom stereocenters. The van der Waals surface area contributed by atoms with E-state index >= 15 is 0 Å². The van der Waals surface area contributed by atoms with Crippen molar-refractivity contribution in [2.45, 2.75) is 51.5 Å². The van der Waals surface area contributed by atoms with Gasteiger partial charge in [-0.15, -0.1) is 0 Å². The Labute approximate surface area is 97.5 Å². The number of hydrogen-bond donors (Lipinski definition) is 2. The highest BCUT2D eigenvalue weighted by Gasteiger charge is 2.32. The summed E-state index contributed by atoms with van der Waals surface area (Å²) in [6.07, 6.45) is 5.88. The molecular weight excluding hydrogens is 198 g/mol. The van der Waals surface area contributed by atoms with Crippen molar-refractivity contribution in [3.63, 3.8) is 0 Å². The number of nitrogens with two attached hydrogens (primary N) is 1. The predicted molar refractivity (Wildman–Crippen MR) is 66.5 cm³/mol. The third-order valence-corrected chi connectivity index (χ3v) is 3.76. The highest BCUT2D eigenvalue weighted by molar-refractivity contribution is 5.44. The first-order chi connectivity index (χ1) is 7.53. The molecule has 0 heterocycles. The Kier molecular flexibility index (Phi) is 2.94. The van der Waals surface area contributed by atoms with E-state index in [2.05, 4.69) is 0 Å². The first-order valence-corrected chi connectivity index (χ1v) is 6.12. The fourth-order valence-electron chi connectivity index (χ4n) is 3.16. The minimum absolute atomic E-state index is 0.167. The standard InChI is InChI=1S/C14H21NO/c1-10-8-12(16)9-11(2)13(10)14(15)6-4-3-5-7-14/h8-9,16H,3-7,15H2,1-2H3. The molecule has 0 aliphatic heterocycles. The molecule has 3 N–H and O–H groups in total. The van der Waals surface area contributed by atoms with Crippen molar-refractivity contribution < 1.29 is 5.11 Å². The molecule has 0 bridgehead atoms. The van der Waals surface area contributed by atoms with E-state index in [1.54, 1.807) is 0 Å². The van der Waals surface area contributed by atoms with E-state index in [1.165, 1.54) is 24.8 Å². The Balaban J connectivity index is 2.46. The molecule has 1 aromatic carbocycles.